The largest absolute Gasteiger partial charge is 0.436 e. The molecule has 226 valence electrons. The van der Waals surface area contributed by atoms with Crippen LogP contribution in [0.5, 0.6) is 0 Å². The molecule has 0 fully saturated rings. The van der Waals surface area contributed by atoms with E-state index in [0.717, 1.165) is 0 Å². The Hall–Kier alpha value is -4.19. The molecule has 0 radical (unpaired) electrons. The Kier molecular flexibility index (Phi) is 10.9. The lowest BCUT2D eigenvalue weighted by Crippen LogP contribution is -2.37. The highest BCUT2D eigenvalue weighted by Crippen LogP contribution is 2.24. The van der Waals surface area contributed by atoms with Crippen molar-refractivity contribution in [3.63, 3.8) is 0 Å². The van der Waals surface area contributed by atoms with Gasteiger partial charge in [0.15, 0.2) is 6.10 Å². The van der Waals surface area contributed by atoms with E-state index >= 15 is 0 Å². The highest BCUT2D eigenvalue weighted by molar-refractivity contribution is 6.29. The number of nitrogens with one attached hydrogen (secondary N) is 2. The molecule has 42 heavy (non-hydrogen) atoms. The second kappa shape index (κ2) is 14.1. The van der Waals surface area contributed by atoms with E-state index in [1.165, 1.54) is 52.9 Å². The molecule has 13 heteroatoms. The average Bonchev–Trinajstić information content (AvgIpc) is 3.34. The minimum Gasteiger partial charge on any atom is -0.436 e. The Morgan fingerprint density at radius 2 is 1.90 bits per heavy atom. The van der Waals surface area contributed by atoms with Crippen LogP contribution in [0.3, 0.4) is 0 Å². The fraction of sp³-hybridized carbons (Fsp3) is 0.414. The number of allylic oxidation sites excluding steroid dienone is 1. The molecule has 0 aromatic carbocycles. The van der Waals surface area contributed by atoms with Gasteiger partial charge in [-0.25, -0.2) is 9.18 Å². The molecule has 3 aromatic heterocycles. The van der Waals surface area contributed by atoms with Crippen molar-refractivity contribution >= 4 is 46.2 Å². The lowest BCUT2D eigenvalue weighted by molar-refractivity contribution is -0.125. The molecule has 11 nitrogen and oxygen atoms in total. The van der Waals surface area contributed by atoms with E-state index < -0.39 is 29.5 Å². The lowest BCUT2D eigenvalue weighted by atomic mass is 10.0. The van der Waals surface area contributed by atoms with Crippen LogP contribution in [0.15, 0.2) is 41.3 Å². The van der Waals surface area contributed by atoms with Crippen LogP contribution in [-0.2, 0) is 27.3 Å². The molecule has 2 N–H and O–H groups in total. The first-order valence-electron chi connectivity index (χ1n) is 13.4. The molecule has 0 aliphatic carbocycles. The number of halogens is 2. The number of pyridine rings is 2. The molecule has 0 aliphatic rings. The number of ether oxygens (including phenoxy) is 1. The number of aromatic amines is 1. The van der Waals surface area contributed by atoms with Crippen LogP contribution in [0.1, 0.15) is 37.9 Å². The molecular formula is C29H36ClFN6O5. The quantitative estimate of drug-likeness (QED) is 0.250. The second-order valence-corrected chi connectivity index (χ2v) is 11.1. The monoisotopic (exact) mass is 602 g/mol. The number of fused-ring (bicyclic) bond motifs is 1. The predicted molar refractivity (Wildman–Crippen MR) is 159 cm³/mol. The average molecular weight is 603 g/mol. The van der Waals surface area contributed by atoms with E-state index in [1.54, 1.807) is 26.2 Å². The van der Waals surface area contributed by atoms with Crippen molar-refractivity contribution in [1.82, 2.24) is 24.3 Å². The number of anilines is 1. The Morgan fingerprint density at radius 3 is 2.55 bits per heavy atom. The van der Waals surface area contributed by atoms with E-state index in [4.69, 9.17) is 16.3 Å². The molecule has 0 spiro atoms. The molecule has 3 aromatic rings. The summed E-state index contributed by atoms with van der Waals surface area (Å²) in [7, 11) is 6.17. The van der Waals surface area contributed by atoms with Gasteiger partial charge in [0.05, 0.1) is 23.8 Å². The van der Waals surface area contributed by atoms with Gasteiger partial charge in [-0.2, -0.15) is 0 Å². The molecule has 3 rings (SSSR count). The van der Waals surface area contributed by atoms with Gasteiger partial charge in [0.1, 0.15) is 16.7 Å². The number of likely N-dealkylation sites (N-methyl/N-ethyl adjacent to an activating group) is 1. The standard InChI is InChI=1S/C29H36ClFN6O5/c1-17(2)13-19-20(31)15-32-22-14-18(33-26(19)22)16-37-24(30)12-11-21(28(37)40)34-27(39)23(42-29(41)36(5)6)9-7-8-10-25(38)35(3)4/h8,10-12,14-15,17,23,33H,7,9,13,16H2,1-6H3,(H,34,39)/b10-8+. The van der Waals surface area contributed by atoms with Gasteiger partial charge in [-0.3, -0.25) is 23.9 Å². The number of amides is 3. The van der Waals surface area contributed by atoms with Crippen molar-refractivity contribution in [2.24, 2.45) is 5.92 Å². The van der Waals surface area contributed by atoms with Crippen LogP contribution in [0.2, 0.25) is 5.15 Å². The summed E-state index contributed by atoms with van der Waals surface area (Å²) in [6.45, 7) is 3.98. The van der Waals surface area contributed by atoms with Crippen molar-refractivity contribution in [2.45, 2.75) is 45.8 Å². The molecular weight excluding hydrogens is 567 g/mol. The maximum absolute atomic E-state index is 14.5. The second-order valence-electron chi connectivity index (χ2n) is 10.7. The van der Waals surface area contributed by atoms with E-state index in [0.29, 0.717) is 28.7 Å². The summed E-state index contributed by atoms with van der Waals surface area (Å²) in [6.07, 6.45) is 2.99. The van der Waals surface area contributed by atoms with Gasteiger partial charge >= 0.3 is 6.09 Å². The van der Waals surface area contributed by atoms with Crippen LogP contribution >= 0.6 is 11.6 Å². The number of hydrogen-bond acceptors (Lipinski definition) is 6. The number of rotatable bonds is 11. The van der Waals surface area contributed by atoms with E-state index in [2.05, 4.69) is 15.3 Å². The maximum Gasteiger partial charge on any atom is 0.410 e. The SMILES string of the molecule is CC(C)Cc1c(F)cnc2cc(Cn3c(Cl)ccc(NC(=O)C(CC/C=C/C(=O)N(C)C)OC(=O)N(C)C)c3=O)[nH]c12. The van der Waals surface area contributed by atoms with Crippen LogP contribution in [0.25, 0.3) is 11.0 Å². The van der Waals surface area contributed by atoms with Gasteiger partial charge in [0.25, 0.3) is 11.5 Å². The zero-order valence-electron chi connectivity index (χ0n) is 24.5. The molecule has 1 atom stereocenters. The van der Waals surface area contributed by atoms with Gasteiger partial charge in [0, 0.05) is 39.4 Å². The zero-order valence-corrected chi connectivity index (χ0v) is 25.3. The van der Waals surface area contributed by atoms with E-state index in [1.807, 2.05) is 13.8 Å². The van der Waals surface area contributed by atoms with Crippen molar-refractivity contribution in [3.05, 3.63) is 69.1 Å². The molecule has 0 saturated heterocycles. The fourth-order valence-corrected chi connectivity index (χ4v) is 4.28. The number of hydrogen-bond donors (Lipinski definition) is 2. The minimum atomic E-state index is -1.24. The molecule has 0 saturated carbocycles. The molecule has 0 bridgehead atoms. The van der Waals surface area contributed by atoms with Crippen LogP contribution in [0.4, 0.5) is 14.9 Å². The number of carbonyl (C=O) groups is 3. The van der Waals surface area contributed by atoms with Gasteiger partial charge < -0.3 is 24.8 Å². The van der Waals surface area contributed by atoms with Gasteiger partial charge in [-0.1, -0.05) is 31.5 Å². The zero-order chi connectivity index (χ0) is 31.1. The Labute approximate surface area is 248 Å². The molecule has 0 aliphatic heterocycles. The highest BCUT2D eigenvalue weighted by Gasteiger charge is 2.25. The molecule has 1 unspecified atom stereocenters. The summed E-state index contributed by atoms with van der Waals surface area (Å²) >= 11 is 6.36. The third-order valence-electron chi connectivity index (χ3n) is 6.28. The number of carbonyl (C=O) groups excluding carboxylic acids is 3. The highest BCUT2D eigenvalue weighted by atomic mass is 35.5. The first kappa shape index (κ1) is 32.3. The smallest absolute Gasteiger partial charge is 0.410 e. The Balaban J connectivity index is 1.84. The van der Waals surface area contributed by atoms with Gasteiger partial charge in [-0.05, 0) is 49.5 Å². The van der Waals surface area contributed by atoms with Crippen molar-refractivity contribution in [2.75, 3.05) is 33.5 Å². The van der Waals surface area contributed by atoms with Crippen LogP contribution in [0, 0.1) is 11.7 Å². The molecule has 3 amide bonds. The number of nitrogens with zero attached hydrogens (tertiary/aromatic N) is 4. The summed E-state index contributed by atoms with van der Waals surface area (Å²) in [6, 6.07) is 4.54. The summed E-state index contributed by atoms with van der Waals surface area (Å²) in [4.78, 5) is 60.4. The topological polar surface area (TPSA) is 130 Å². The predicted octanol–water partition coefficient (Wildman–Crippen LogP) is 4.19. The van der Waals surface area contributed by atoms with Gasteiger partial charge in [-0.15, -0.1) is 0 Å². The third kappa shape index (κ3) is 8.19. The summed E-state index contributed by atoms with van der Waals surface area (Å²) in [5, 5.41) is 2.66. The summed E-state index contributed by atoms with van der Waals surface area (Å²) < 4.78 is 21.1. The lowest BCUT2D eigenvalue weighted by Gasteiger charge is -2.20. The van der Waals surface area contributed by atoms with E-state index in [9.17, 15) is 23.6 Å². The third-order valence-corrected chi connectivity index (χ3v) is 6.61. The molecule has 3 heterocycles. The first-order valence-corrected chi connectivity index (χ1v) is 13.8. The van der Waals surface area contributed by atoms with Crippen molar-refractivity contribution in [3.8, 4) is 0 Å². The summed E-state index contributed by atoms with van der Waals surface area (Å²) in [5.41, 5.74) is 1.53. The van der Waals surface area contributed by atoms with Crippen LogP contribution < -0.4 is 10.9 Å². The van der Waals surface area contributed by atoms with Crippen molar-refractivity contribution in [1.29, 1.82) is 0 Å². The fourth-order valence-electron chi connectivity index (χ4n) is 4.08. The van der Waals surface area contributed by atoms with E-state index in [-0.39, 0.29) is 42.1 Å². The number of aromatic nitrogens is 3. The maximum atomic E-state index is 14.5. The van der Waals surface area contributed by atoms with Gasteiger partial charge in [0.2, 0.25) is 5.91 Å². The number of H-pyrrole nitrogens is 1. The Morgan fingerprint density at radius 1 is 1.19 bits per heavy atom. The normalized spacial score (nSPS) is 12.1. The first-order chi connectivity index (χ1) is 19.8. The minimum absolute atomic E-state index is 0.00418. The summed E-state index contributed by atoms with van der Waals surface area (Å²) in [5.74, 6) is -1.14. The van der Waals surface area contributed by atoms with Crippen LogP contribution in [-0.4, -0.2) is 76.5 Å². The van der Waals surface area contributed by atoms with Crippen molar-refractivity contribution < 1.29 is 23.5 Å². The Bertz CT molecular complexity index is 1550.